The van der Waals surface area contributed by atoms with Gasteiger partial charge in [0.25, 0.3) is 0 Å². The molecule has 2 aliphatic heterocycles. The third kappa shape index (κ3) is 3.03. The van der Waals surface area contributed by atoms with Gasteiger partial charge in [0.15, 0.2) is 0 Å². The molecule has 2 saturated heterocycles. The summed E-state index contributed by atoms with van der Waals surface area (Å²) in [6.07, 6.45) is 11.4. The second-order valence-electron chi connectivity index (χ2n) is 7.64. The number of hydrogen-bond acceptors (Lipinski definition) is 5. The van der Waals surface area contributed by atoms with Gasteiger partial charge in [-0.05, 0) is 37.2 Å². The van der Waals surface area contributed by atoms with Crippen LogP contribution in [0.25, 0.3) is 0 Å². The van der Waals surface area contributed by atoms with E-state index in [0.717, 1.165) is 57.8 Å². The minimum Gasteiger partial charge on any atom is -0.396 e. The molecule has 25 heavy (non-hydrogen) atoms. The van der Waals surface area contributed by atoms with Crippen LogP contribution < -0.4 is 4.90 Å². The van der Waals surface area contributed by atoms with Crippen LogP contribution in [0.4, 0.5) is 5.95 Å². The first-order valence-electron chi connectivity index (χ1n) is 9.28. The second-order valence-corrected chi connectivity index (χ2v) is 7.64. The monoisotopic (exact) mass is 342 g/mol. The summed E-state index contributed by atoms with van der Waals surface area (Å²) in [4.78, 5) is 25.6. The summed E-state index contributed by atoms with van der Waals surface area (Å²) in [6.45, 7) is 3.45. The smallest absolute Gasteiger partial charge is 0.226 e. The van der Waals surface area contributed by atoms with Crippen LogP contribution in [0.3, 0.4) is 0 Å². The van der Waals surface area contributed by atoms with Gasteiger partial charge in [-0.2, -0.15) is 0 Å². The first-order valence-corrected chi connectivity index (χ1v) is 9.28. The summed E-state index contributed by atoms with van der Waals surface area (Å²) < 4.78 is 0. The Morgan fingerprint density at radius 2 is 1.88 bits per heavy atom. The van der Waals surface area contributed by atoms with Gasteiger partial charge in [0.05, 0.1) is 0 Å². The highest BCUT2D eigenvalue weighted by Gasteiger charge is 2.49. The number of aromatic nitrogens is 2. The minimum atomic E-state index is 0.0681. The Balaban J connectivity index is 1.43. The van der Waals surface area contributed by atoms with E-state index < -0.39 is 0 Å². The Kier molecular flexibility index (Phi) is 4.46. The van der Waals surface area contributed by atoms with Gasteiger partial charge < -0.3 is 14.9 Å². The molecule has 1 aromatic rings. The molecule has 6 heteroatoms. The van der Waals surface area contributed by atoms with Crippen LogP contribution in [-0.4, -0.2) is 58.7 Å². The van der Waals surface area contributed by atoms with Crippen molar-refractivity contribution in [1.29, 1.82) is 0 Å². The summed E-state index contributed by atoms with van der Waals surface area (Å²) >= 11 is 0. The van der Waals surface area contributed by atoms with Gasteiger partial charge in [-0.3, -0.25) is 4.79 Å². The number of amides is 1. The van der Waals surface area contributed by atoms with Gasteiger partial charge in [0.2, 0.25) is 11.9 Å². The first kappa shape index (κ1) is 16.5. The van der Waals surface area contributed by atoms with Gasteiger partial charge in [0, 0.05) is 57.0 Å². The highest BCUT2D eigenvalue weighted by molar-refractivity contribution is 5.79. The topological polar surface area (TPSA) is 69.6 Å². The Bertz CT molecular complexity index is 632. The molecule has 0 aromatic carbocycles. The molecular formula is C19H26N4O2. The fourth-order valence-corrected chi connectivity index (χ4v) is 4.71. The highest BCUT2D eigenvalue weighted by Crippen LogP contribution is 2.45. The van der Waals surface area contributed by atoms with Crippen LogP contribution in [0.15, 0.2) is 30.6 Å². The van der Waals surface area contributed by atoms with E-state index in [1.165, 1.54) is 0 Å². The van der Waals surface area contributed by atoms with Crippen LogP contribution in [0, 0.1) is 17.3 Å². The molecule has 3 heterocycles. The van der Waals surface area contributed by atoms with Crippen molar-refractivity contribution < 1.29 is 9.90 Å². The molecule has 6 nitrogen and oxygen atoms in total. The molecule has 1 atom stereocenters. The van der Waals surface area contributed by atoms with E-state index in [-0.39, 0.29) is 23.9 Å². The number of piperidine rings is 1. The van der Waals surface area contributed by atoms with Crippen LogP contribution in [0.1, 0.15) is 25.7 Å². The number of anilines is 1. The SMILES string of the molecule is O=C(C1CC=CC1)N1CCC2(CC1)CN(c1ncccn1)CC2CO. The molecule has 1 aliphatic carbocycles. The maximum Gasteiger partial charge on any atom is 0.226 e. The number of carbonyl (C=O) groups is 1. The fraction of sp³-hybridized carbons (Fsp3) is 0.632. The van der Waals surface area contributed by atoms with Crippen molar-refractivity contribution in [1.82, 2.24) is 14.9 Å². The number of aliphatic hydroxyl groups is 1. The standard InChI is InChI=1S/C19H26N4O2/c24-13-16-12-23(18-20-8-3-9-21-18)14-19(16)6-10-22(11-7-19)17(25)15-4-1-2-5-15/h1-3,8-9,15-16,24H,4-7,10-14H2. The highest BCUT2D eigenvalue weighted by atomic mass is 16.3. The van der Waals surface area contributed by atoms with Gasteiger partial charge in [-0.25, -0.2) is 9.97 Å². The quantitative estimate of drug-likeness (QED) is 0.843. The Hall–Kier alpha value is -1.95. The number of carbonyl (C=O) groups excluding carboxylic acids is 1. The zero-order valence-corrected chi connectivity index (χ0v) is 14.5. The molecule has 1 amide bonds. The predicted molar refractivity (Wildman–Crippen MR) is 94.9 cm³/mol. The molecule has 1 unspecified atom stereocenters. The minimum absolute atomic E-state index is 0.0681. The molecular weight excluding hydrogens is 316 g/mol. The third-order valence-corrected chi connectivity index (χ3v) is 6.30. The number of allylic oxidation sites excluding steroid dienone is 2. The van der Waals surface area contributed by atoms with E-state index in [4.69, 9.17) is 0 Å². The van der Waals surface area contributed by atoms with Crippen molar-refractivity contribution >= 4 is 11.9 Å². The molecule has 0 bridgehead atoms. The van der Waals surface area contributed by atoms with Crippen molar-refractivity contribution in [3.05, 3.63) is 30.6 Å². The van der Waals surface area contributed by atoms with Gasteiger partial charge in [0.1, 0.15) is 0 Å². The maximum atomic E-state index is 12.6. The van der Waals surface area contributed by atoms with Crippen molar-refractivity contribution in [2.24, 2.45) is 17.3 Å². The first-order chi connectivity index (χ1) is 12.2. The predicted octanol–water partition coefficient (Wildman–Crippen LogP) is 1.48. The average Bonchev–Trinajstić information content (AvgIpc) is 3.31. The second kappa shape index (κ2) is 6.75. The lowest BCUT2D eigenvalue weighted by atomic mass is 9.71. The lowest BCUT2D eigenvalue weighted by molar-refractivity contribution is -0.137. The summed E-state index contributed by atoms with van der Waals surface area (Å²) in [5.41, 5.74) is 0.0681. The third-order valence-electron chi connectivity index (χ3n) is 6.30. The molecule has 134 valence electrons. The Morgan fingerprint density at radius 3 is 2.52 bits per heavy atom. The number of aliphatic hydroxyl groups excluding tert-OH is 1. The Labute approximate surface area is 148 Å². The summed E-state index contributed by atoms with van der Waals surface area (Å²) in [5, 5.41) is 9.94. The number of likely N-dealkylation sites (tertiary alicyclic amines) is 1. The van der Waals surface area contributed by atoms with Crippen molar-refractivity contribution in [2.45, 2.75) is 25.7 Å². The number of nitrogens with zero attached hydrogens (tertiary/aromatic N) is 4. The van der Waals surface area contributed by atoms with Gasteiger partial charge in [-0.15, -0.1) is 0 Å². The molecule has 1 N–H and O–H groups in total. The summed E-state index contributed by atoms with van der Waals surface area (Å²) in [5.74, 6) is 1.43. The molecule has 4 rings (SSSR count). The summed E-state index contributed by atoms with van der Waals surface area (Å²) in [7, 11) is 0. The number of hydrogen-bond donors (Lipinski definition) is 1. The lowest BCUT2D eigenvalue weighted by Gasteiger charge is -2.42. The zero-order valence-electron chi connectivity index (χ0n) is 14.5. The van der Waals surface area contributed by atoms with Crippen LogP contribution in [0.2, 0.25) is 0 Å². The van der Waals surface area contributed by atoms with Crippen molar-refractivity contribution in [3.63, 3.8) is 0 Å². The zero-order chi connectivity index (χ0) is 17.3. The molecule has 1 spiro atoms. The van der Waals surface area contributed by atoms with E-state index in [1.807, 2.05) is 11.0 Å². The maximum absolute atomic E-state index is 12.6. The van der Waals surface area contributed by atoms with Crippen LogP contribution in [0.5, 0.6) is 0 Å². The molecule has 1 aromatic heterocycles. The van der Waals surface area contributed by atoms with E-state index in [0.29, 0.717) is 5.91 Å². The fourth-order valence-electron chi connectivity index (χ4n) is 4.71. The van der Waals surface area contributed by atoms with Gasteiger partial charge in [-0.1, -0.05) is 12.2 Å². The van der Waals surface area contributed by atoms with E-state index in [9.17, 15) is 9.90 Å². The molecule has 3 aliphatic rings. The van der Waals surface area contributed by atoms with Gasteiger partial charge >= 0.3 is 0 Å². The van der Waals surface area contributed by atoms with E-state index in [2.05, 4.69) is 27.0 Å². The Morgan fingerprint density at radius 1 is 1.20 bits per heavy atom. The van der Waals surface area contributed by atoms with E-state index >= 15 is 0 Å². The van der Waals surface area contributed by atoms with Crippen LogP contribution in [-0.2, 0) is 4.79 Å². The van der Waals surface area contributed by atoms with Crippen LogP contribution >= 0.6 is 0 Å². The van der Waals surface area contributed by atoms with Crippen molar-refractivity contribution in [2.75, 3.05) is 37.7 Å². The lowest BCUT2D eigenvalue weighted by Crippen LogP contribution is -2.48. The van der Waals surface area contributed by atoms with E-state index in [1.54, 1.807) is 12.4 Å². The average molecular weight is 342 g/mol. The van der Waals surface area contributed by atoms with Crippen molar-refractivity contribution in [3.8, 4) is 0 Å². The normalized spacial score (nSPS) is 25.9. The molecule has 0 saturated carbocycles. The largest absolute Gasteiger partial charge is 0.396 e. The number of rotatable bonds is 3. The summed E-state index contributed by atoms with van der Waals surface area (Å²) in [6, 6.07) is 1.82. The molecule has 2 fully saturated rings. The molecule has 0 radical (unpaired) electrons.